The Morgan fingerprint density at radius 3 is 2.79 bits per heavy atom. The Morgan fingerprint density at radius 2 is 2.17 bits per heavy atom. The van der Waals surface area contributed by atoms with Gasteiger partial charge in [-0.2, -0.15) is 0 Å². The van der Waals surface area contributed by atoms with Gasteiger partial charge in [-0.3, -0.25) is 9.69 Å². The van der Waals surface area contributed by atoms with Gasteiger partial charge in [0.25, 0.3) is 0 Å². The topological polar surface area (TPSA) is 69.6 Å². The Hall–Kier alpha value is -1.95. The molecule has 0 aromatic heterocycles. The van der Waals surface area contributed by atoms with Crippen LogP contribution in [0.25, 0.3) is 0 Å². The molecule has 1 saturated heterocycles. The van der Waals surface area contributed by atoms with Gasteiger partial charge in [0.15, 0.2) is 0 Å². The first-order chi connectivity index (χ1) is 11.4. The summed E-state index contributed by atoms with van der Waals surface area (Å²) in [4.78, 5) is 25.8. The maximum absolute atomic E-state index is 13.3. The molecule has 2 atom stereocenters. The first-order valence-corrected chi connectivity index (χ1v) is 8.36. The summed E-state index contributed by atoms with van der Waals surface area (Å²) in [5.41, 5.74) is 0.877. The highest BCUT2D eigenvalue weighted by molar-refractivity contribution is 5.85. The molecule has 1 aliphatic rings. The third-order valence-electron chi connectivity index (χ3n) is 4.40. The third kappa shape index (κ3) is 5.03. The minimum Gasteiger partial charge on any atom is -0.480 e. The van der Waals surface area contributed by atoms with Gasteiger partial charge in [-0.1, -0.05) is 26.0 Å². The summed E-state index contributed by atoms with van der Waals surface area (Å²) < 4.78 is 13.3. The number of nitrogens with zero attached hydrogens (tertiary/aromatic N) is 1. The number of nitrogens with one attached hydrogen (secondary N) is 1. The van der Waals surface area contributed by atoms with Gasteiger partial charge in [0, 0.05) is 13.1 Å². The molecule has 0 spiro atoms. The lowest BCUT2D eigenvalue weighted by atomic mass is 9.95. The van der Waals surface area contributed by atoms with Gasteiger partial charge < -0.3 is 10.4 Å². The van der Waals surface area contributed by atoms with Crippen molar-refractivity contribution in [2.24, 2.45) is 11.8 Å². The van der Waals surface area contributed by atoms with Gasteiger partial charge in [0.2, 0.25) is 5.91 Å². The highest BCUT2D eigenvalue weighted by atomic mass is 19.1. The van der Waals surface area contributed by atoms with Gasteiger partial charge in [-0.05, 0) is 43.0 Å². The number of carbonyl (C=O) groups is 2. The molecule has 6 heteroatoms. The molecule has 1 amide bonds. The highest BCUT2D eigenvalue weighted by Gasteiger charge is 2.30. The summed E-state index contributed by atoms with van der Waals surface area (Å²) in [7, 11) is 0. The van der Waals surface area contributed by atoms with Crippen molar-refractivity contribution in [2.75, 3.05) is 13.1 Å². The summed E-state index contributed by atoms with van der Waals surface area (Å²) in [6.45, 7) is 5.56. The molecular weight excluding hydrogens is 311 g/mol. The Balaban J connectivity index is 1.94. The predicted octanol–water partition coefficient (Wildman–Crippen LogP) is 2.26. The number of carboxylic acids is 1. The molecule has 1 aliphatic heterocycles. The Kier molecular flexibility index (Phi) is 6.31. The quantitative estimate of drug-likeness (QED) is 0.836. The Labute approximate surface area is 141 Å². The first kappa shape index (κ1) is 18.4. The monoisotopic (exact) mass is 336 g/mol. The number of aliphatic carboxylic acids is 1. The molecule has 1 fully saturated rings. The average Bonchev–Trinajstić information content (AvgIpc) is 2.52. The van der Waals surface area contributed by atoms with E-state index in [1.54, 1.807) is 19.9 Å². The van der Waals surface area contributed by atoms with Gasteiger partial charge in [0.05, 0.1) is 5.92 Å². The Bertz CT molecular complexity index is 591. The van der Waals surface area contributed by atoms with Crippen LogP contribution >= 0.6 is 0 Å². The van der Waals surface area contributed by atoms with E-state index in [2.05, 4.69) is 10.2 Å². The maximum atomic E-state index is 13.3. The number of carboxylic acid groups (broad SMARTS) is 1. The minimum absolute atomic E-state index is 0.168. The van der Waals surface area contributed by atoms with E-state index in [-0.39, 0.29) is 23.6 Å². The molecule has 2 rings (SSSR count). The fourth-order valence-electron chi connectivity index (χ4n) is 3.09. The van der Waals surface area contributed by atoms with Crippen molar-refractivity contribution >= 4 is 11.9 Å². The molecule has 1 aromatic rings. The molecule has 5 nitrogen and oxygen atoms in total. The van der Waals surface area contributed by atoms with Crippen LogP contribution in [0.5, 0.6) is 0 Å². The summed E-state index contributed by atoms with van der Waals surface area (Å²) >= 11 is 0. The number of hydrogen-bond donors (Lipinski definition) is 2. The lowest BCUT2D eigenvalue weighted by Gasteiger charge is -2.33. The second kappa shape index (κ2) is 8.24. The van der Waals surface area contributed by atoms with Crippen LogP contribution in [0.3, 0.4) is 0 Å². The number of carbonyl (C=O) groups excluding carboxylic acids is 1. The van der Waals surface area contributed by atoms with Crippen molar-refractivity contribution in [1.82, 2.24) is 10.2 Å². The van der Waals surface area contributed by atoms with E-state index >= 15 is 0 Å². The summed E-state index contributed by atoms with van der Waals surface area (Å²) in [5, 5.41) is 11.9. The number of amides is 1. The molecule has 132 valence electrons. The standard InChI is InChI=1S/C18H25FN2O3/c1-12(2)16(18(23)24)20-17(22)14-6-4-8-21(11-14)10-13-5-3-7-15(19)9-13/h3,5,7,9,12,14,16H,4,6,8,10-11H2,1-2H3,(H,20,22)(H,23,24)/t14-,16-/m0/s1. The van der Waals surface area contributed by atoms with Gasteiger partial charge in [-0.15, -0.1) is 0 Å². The van der Waals surface area contributed by atoms with Crippen LogP contribution in [0, 0.1) is 17.7 Å². The van der Waals surface area contributed by atoms with E-state index in [1.165, 1.54) is 12.1 Å². The molecule has 0 radical (unpaired) electrons. The van der Waals surface area contributed by atoms with Crippen molar-refractivity contribution < 1.29 is 19.1 Å². The van der Waals surface area contributed by atoms with Crippen molar-refractivity contribution in [3.05, 3.63) is 35.6 Å². The fourth-order valence-corrected chi connectivity index (χ4v) is 3.09. The van der Waals surface area contributed by atoms with Gasteiger partial charge in [-0.25, -0.2) is 9.18 Å². The minimum atomic E-state index is -1.01. The van der Waals surface area contributed by atoms with Crippen molar-refractivity contribution in [3.8, 4) is 0 Å². The predicted molar refractivity (Wildman–Crippen MR) is 88.8 cm³/mol. The van der Waals surface area contributed by atoms with Crippen LogP contribution in [0.15, 0.2) is 24.3 Å². The largest absolute Gasteiger partial charge is 0.480 e. The highest BCUT2D eigenvalue weighted by Crippen LogP contribution is 2.19. The number of benzene rings is 1. The van der Waals surface area contributed by atoms with Crippen LogP contribution in [0.1, 0.15) is 32.3 Å². The zero-order chi connectivity index (χ0) is 17.7. The summed E-state index contributed by atoms with van der Waals surface area (Å²) in [5.74, 6) is -1.88. The lowest BCUT2D eigenvalue weighted by Crippen LogP contribution is -2.49. The molecule has 1 heterocycles. The molecule has 0 unspecified atom stereocenters. The summed E-state index contributed by atoms with van der Waals surface area (Å²) in [6.07, 6.45) is 1.61. The maximum Gasteiger partial charge on any atom is 0.326 e. The average molecular weight is 336 g/mol. The number of piperidine rings is 1. The van der Waals surface area contributed by atoms with E-state index in [9.17, 15) is 19.1 Å². The second-order valence-electron chi connectivity index (χ2n) is 6.77. The molecule has 0 saturated carbocycles. The van der Waals surface area contributed by atoms with E-state index in [0.717, 1.165) is 24.9 Å². The molecule has 1 aromatic carbocycles. The summed E-state index contributed by atoms with van der Waals surface area (Å²) in [6, 6.07) is 5.60. The number of rotatable bonds is 6. The van der Waals surface area contributed by atoms with E-state index in [4.69, 9.17) is 0 Å². The fraction of sp³-hybridized carbons (Fsp3) is 0.556. The van der Waals surface area contributed by atoms with Crippen LogP contribution < -0.4 is 5.32 Å². The first-order valence-electron chi connectivity index (χ1n) is 8.36. The smallest absolute Gasteiger partial charge is 0.326 e. The molecule has 24 heavy (non-hydrogen) atoms. The second-order valence-corrected chi connectivity index (χ2v) is 6.77. The molecule has 2 N–H and O–H groups in total. The number of hydrogen-bond acceptors (Lipinski definition) is 3. The van der Waals surface area contributed by atoms with Crippen molar-refractivity contribution in [3.63, 3.8) is 0 Å². The zero-order valence-electron chi connectivity index (χ0n) is 14.2. The van der Waals surface area contributed by atoms with Crippen LogP contribution in [0.4, 0.5) is 4.39 Å². The van der Waals surface area contributed by atoms with Crippen LogP contribution in [0.2, 0.25) is 0 Å². The molecular formula is C18H25FN2O3. The van der Waals surface area contributed by atoms with Crippen molar-refractivity contribution in [2.45, 2.75) is 39.3 Å². The Morgan fingerprint density at radius 1 is 1.42 bits per heavy atom. The van der Waals surface area contributed by atoms with Crippen LogP contribution in [-0.4, -0.2) is 41.0 Å². The normalized spacial score (nSPS) is 19.9. The lowest BCUT2D eigenvalue weighted by molar-refractivity contribution is -0.144. The van der Waals surface area contributed by atoms with Crippen LogP contribution in [-0.2, 0) is 16.1 Å². The third-order valence-corrected chi connectivity index (χ3v) is 4.40. The van der Waals surface area contributed by atoms with Gasteiger partial charge in [0.1, 0.15) is 11.9 Å². The zero-order valence-corrected chi connectivity index (χ0v) is 14.2. The van der Waals surface area contributed by atoms with Crippen molar-refractivity contribution in [1.29, 1.82) is 0 Å². The number of likely N-dealkylation sites (tertiary alicyclic amines) is 1. The molecule has 0 aliphatic carbocycles. The van der Waals surface area contributed by atoms with E-state index in [1.807, 2.05) is 6.07 Å². The SMILES string of the molecule is CC(C)[C@H](NC(=O)[C@H]1CCCN(Cc2cccc(F)c2)C1)C(=O)O. The molecule has 0 bridgehead atoms. The number of halogens is 1. The van der Waals surface area contributed by atoms with Gasteiger partial charge >= 0.3 is 5.97 Å². The van der Waals surface area contributed by atoms with E-state index < -0.39 is 12.0 Å². The van der Waals surface area contributed by atoms with E-state index in [0.29, 0.717) is 13.1 Å².